The molecular formula is C22H28N2O3. The molecule has 0 heterocycles. The fourth-order valence-electron chi connectivity index (χ4n) is 2.65. The topological polar surface area (TPSA) is 67.4 Å². The highest BCUT2D eigenvalue weighted by molar-refractivity contribution is 6.04. The van der Waals surface area contributed by atoms with E-state index in [1.165, 1.54) is 0 Å². The van der Waals surface area contributed by atoms with Gasteiger partial charge < -0.3 is 15.4 Å². The lowest BCUT2D eigenvalue weighted by atomic mass is 10.1. The maximum Gasteiger partial charge on any atom is 0.265 e. The quantitative estimate of drug-likeness (QED) is 0.652. The van der Waals surface area contributed by atoms with E-state index in [9.17, 15) is 9.59 Å². The summed E-state index contributed by atoms with van der Waals surface area (Å²) in [6, 6.07) is 14.7. The number of amides is 2. The van der Waals surface area contributed by atoms with Crippen molar-refractivity contribution in [3.8, 4) is 5.75 Å². The van der Waals surface area contributed by atoms with Gasteiger partial charge in [0.25, 0.3) is 11.8 Å². The molecule has 0 aliphatic heterocycles. The summed E-state index contributed by atoms with van der Waals surface area (Å²) in [5.41, 5.74) is 1.98. The molecule has 27 heavy (non-hydrogen) atoms. The van der Waals surface area contributed by atoms with Crippen LogP contribution in [-0.4, -0.2) is 24.5 Å². The lowest BCUT2D eigenvalue weighted by Crippen LogP contribution is -2.32. The summed E-state index contributed by atoms with van der Waals surface area (Å²) in [6.45, 7) is 6.43. The second-order valence-electron chi connectivity index (χ2n) is 6.37. The number of carbonyl (C=O) groups excluding carboxylic acids is 2. The molecule has 0 bridgehead atoms. The van der Waals surface area contributed by atoms with E-state index < -0.39 is 6.10 Å². The Morgan fingerprint density at radius 2 is 1.74 bits per heavy atom. The Hall–Kier alpha value is -2.82. The van der Waals surface area contributed by atoms with E-state index in [1.54, 1.807) is 31.2 Å². The second-order valence-corrected chi connectivity index (χ2v) is 6.37. The summed E-state index contributed by atoms with van der Waals surface area (Å²) < 4.78 is 5.84. The van der Waals surface area contributed by atoms with Crippen LogP contribution >= 0.6 is 0 Å². The Bertz CT molecular complexity index is 774. The molecule has 0 saturated carbocycles. The monoisotopic (exact) mass is 368 g/mol. The van der Waals surface area contributed by atoms with Crippen LogP contribution in [0.25, 0.3) is 0 Å². The Labute approximate surface area is 161 Å². The van der Waals surface area contributed by atoms with Crippen LogP contribution in [-0.2, 0) is 11.2 Å². The number of para-hydroxylation sites is 2. The van der Waals surface area contributed by atoms with Gasteiger partial charge >= 0.3 is 0 Å². The fraction of sp³-hybridized carbons (Fsp3) is 0.364. The molecule has 0 aliphatic rings. The minimum Gasteiger partial charge on any atom is -0.481 e. The van der Waals surface area contributed by atoms with Gasteiger partial charge in [-0.1, -0.05) is 50.6 Å². The molecule has 0 radical (unpaired) electrons. The number of hydrogen-bond donors (Lipinski definition) is 2. The third kappa shape index (κ3) is 5.84. The molecule has 2 rings (SSSR count). The summed E-state index contributed by atoms with van der Waals surface area (Å²) >= 11 is 0. The van der Waals surface area contributed by atoms with E-state index in [0.717, 1.165) is 24.8 Å². The van der Waals surface area contributed by atoms with Gasteiger partial charge in [0.15, 0.2) is 6.10 Å². The van der Waals surface area contributed by atoms with Gasteiger partial charge in [0, 0.05) is 6.54 Å². The average Bonchev–Trinajstić information content (AvgIpc) is 2.68. The van der Waals surface area contributed by atoms with Gasteiger partial charge in [-0.2, -0.15) is 0 Å². The Morgan fingerprint density at radius 3 is 2.48 bits per heavy atom. The highest BCUT2D eigenvalue weighted by Gasteiger charge is 2.19. The smallest absolute Gasteiger partial charge is 0.265 e. The predicted molar refractivity (Wildman–Crippen MR) is 108 cm³/mol. The maximum absolute atomic E-state index is 12.6. The van der Waals surface area contributed by atoms with Gasteiger partial charge in [0.1, 0.15) is 5.75 Å². The van der Waals surface area contributed by atoms with Gasteiger partial charge in [0.05, 0.1) is 11.3 Å². The first kappa shape index (κ1) is 20.5. The number of unbranched alkanes of at least 4 members (excludes halogenated alkanes) is 1. The summed E-state index contributed by atoms with van der Waals surface area (Å²) in [6.07, 6.45) is 2.06. The Morgan fingerprint density at radius 1 is 1.04 bits per heavy atom. The Balaban J connectivity index is 2.05. The molecule has 5 nitrogen and oxygen atoms in total. The molecule has 0 spiro atoms. The van der Waals surface area contributed by atoms with Crippen LogP contribution in [0.3, 0.4) is 0 Å². The maximum atomic E-state index is 12.6. The molecule has 0 saturated heterocycles. The van der Waals surface area contributed by atoms with Crippen molar-refractivity contribution in [2.45, 2.75) is 46.1 Å². The number of anilines is 1. The molecule has 2 amide bonds. The van der Waals surface area contributed by atoms with Crippen LogP contribution in [0.2, 0.25) is 0 Å². The van der Waals surface area contributed by atoms with E-state index in [2.05, 4.69) is 17.6 Å². The first-order valence-corrected chi connectivity index (χ1v) is 9.49. The van der Waals surface area contributed by atoms with E-state index in [4.69, 9.17) is 4.74 Å². The van der Waals surface area contributed by atoms with Crippen LogP contribution in [0.5, 0.6) is 5.75 Å². The van der Waals surface area contributed by atoms with Crippen LogP contribution < -0.4 is 15.4 Å². The number of aryl methyl sites for hydroxylation is 1. The first-order chi connectivity index (χ1) is 13.1. The SMILES string of the molecule is CCCCNC(=O)c1ccccc1NC(=O)[C@@H](C)Oc1ccccc1CC. The van der Waals surface area contributed by atoms with Crippen molar-refractivity contribution in [2.75, 3.05) is 11.9 Å². The zero-order chi connectivity index (χ0) is 19.6. The van der Waals surface area contributed by atoms with Crippen molar-refractivity contribution in [2.24, 2.45) is 0 Å². The molecule has 0 unspecified atom stereocenters. The van der Waals surface area contributed by atoms with Crippen molar-refractivity contribution >= 4 is 17.5 Å². The normalized spacial score (nSPS) is 11.5. The van der Waals surface area contributed by atoms with E-state index in [1.807, 2.05) is 31.2 Å². The molecule has 0 aliphatic carbocycles. The van der Waals surface area contributed by atoms with Crippen LogP contribution in [0.15, 0.2) is 48.5 Å². The molecule has 0 fully saturated rings. The summed E-state index contributed by atoms with van der Waals surface area (Å²) in [5.74, 6) is 0.215. The molecule has 2 aromatic carbocycles. The van der Waals surface area contributed by atoms with Crippen molar-refractivity contribution in [3.05, 3.63) is 59.7 Å². The van der Waals surface area contributed by atoms with E-state index in [-0.39, 0.29) is 11.8 Å². The second kappa shape index (κ2) is 10.4. The van der Waals surface area contributed by atoms with Gasteiger partial charge in [-0.3, -0.25) is 9.59 Å². The van der Waals surface area contributed by atoms with E-state index >= 15 is 0 Å². The summed E-state index contributed by atoms with van der Waals surface area (Å²) in [5, 5.41) is 5.69. The standard InChI is InChI=1S/C22H28N2O3/c1-4-6-15-23-22(26)18-12-8-9-13-19(18)24-21(25)16(3)27-20-14-10-7-11-17(20)5-2/h7-14,16H,4-6,15H2,1-3H3,(H,23,26)(H,24,25)/t16-/m1/s1. The van der Waals surface area contributed by atoms with Crippen molar-refractivity contribution in [1.82, 2.24) is 5.32 Å². The fourth-order valence-corrected chi connectivity index (χ4v) is 2.65. The number of carbonyl (C=O) groups is 2. The number of benzene rings is 2. The van der Waals surface area contributed by atoms with Gasteiger partial charge in [-0.25, -0.2) is 0 Å². The van der Waals surface area contributed by atoms with Crippen molar-refractivity contribution < 1.29 is 14.3 Å². The predicted octanol–water partition coefficient (Wildman–Crippen LogP) is 4.18. The number of ether oxygens (including phenoxy) is 1. The average molecular weight is 368 g/mol. The molecule has 5 heteroatoms. The molecule has 1 atom stereocenters. The Kier molecular flexibility index (Phi) is 7.86. The van der Waals surface area contributed by atoms with Crippen LogP contribution in [0, 0.1) is 0 Å². The third-order valence-electron chi connectivity index (χ3n) is 4.27. The summed E-state index contributed by atoms with van der Waals surface area (Å²) in [4.78, 5) is 25.0. The largest absolute Gasteiger partial charge is 0.481 e. The van der Waals surface area contributed by atoms with Gasteiger partial charge in [-0.15, -0.1) is 0 Å². The van der Waals surface area contributed by atoms with Gasteiger partial charge in [0.2, 0.25) is 0 Å². The molecule has 0 aromatic heterocycles. The van der Waals surface area contributed by atoms with E-state index in [0.29, 0.717) is 23.5 Å². The lowest BCUT2D eigenvalue weighted by Gasteiger charge is -2.18. The molecule has 2 N–H and O–H groups in total. The highest BCUT2D eigenvalue weighted by Crippen LogP contribution is 2.21. The van der Waals surface area contributed by atoms with Crippen LogP contribution in [0.1, 0.15) is 49.5 Å². The zero-order valence-corrected chi connectivity index (χ0v) is 16.2. The number of nitrogens with one attached hydrogen (secondary N) is 2. The molecule has 2 aromatic rings. The number of hydrogen-bond acceptors (Lipinski definition) is 3. The first-order valence-electron chi connectivity index (χ1n) is 9.49. The van der Waals surface area contributed by atoms with Gasteiger partial charge in [-0.05, 0) is 43.5 Å². The lowest BCUT2D eigenvalue weighted by molar-refractivity contribution is -0.122. The minimum absolute atomic E-state index is 0.191. The highest BCUT2D eigenvalue weighted by atomic mass is 16.5. The van der Waals surface area contributed by atoms with Crippen molar-refractivity contribution in [3.63, 3.8) is 0 Å². The van der Waals surface area contributed by atoms with Crippen molar-refractivity contribution in [1.29, 1.82) is 0 Å². The van der Waals surface area contributed by atoms with Crippen LogP contribution in [0.4, 0.5) is 5.69 Å². The summed E-state index contributed by atoms with van der Waals surface area (Å²) in [7, 11) is 0. The number of rotatable bonds is 9. The zero-order valence-electron chi connectivity index (χ0n) is 16.2. The third-order valence-corrected chi connectivity index (χ3v) is 4.27. The molecular weight excluding hydrogens is 340 g/mol. The molecule has 144 valence electrons. The minimum atomic E-state index is -0.686.